The van der Waals surface area contributed by atoms with Crippen molar-refractivity contribution in [3.63, 3.8) is 0 Å². The van der Waals surface area contributed by atoms with Crippen molar-refractivity contribution in [3.8, 4) is 0 Å². The third-order valence-corrected chi connectivity index (χ3v) is 6.68. The van der Waals surface area contributed by atoms with Crippen LogP contribution in [0.25, 0.3) is 0 Å². The lowest BCUT2D eigenvalue weighted by molar-refractivity contribution is -0.140. The summed E-state index contributed by atoms with van der Waals surface area (Å²) < 4.78 is 25.1. The van der Waals surface area contributed by atoms with Crippen LogP contribution in [0.2, 0.25) is 0 Å². The molecule has 19 heavy (non-hydrogen) atoms. The Morgan fingerprint density at radius 2 is 1.84 bits per heavy atom. The van der Waals surface area contributed by atoms with Gasteiger partial charge in [-0.05, 0) is 37.3 Å². The highest BCUT2D eigenvalue weighted by atomic mass is 32.2. The van der Waals surface area contributed by atoms with Gasteiger partial charge in [-0.3, -0.25) is 4.79 Å². The average molecular weight is 280 g/mol. The number of hydrogen-bond acceptors (Lipinski definition) is 3. The summed E-state index contributed by atoms with van der Waals surface area (Å²) in [6, 6.07) is 6.61. The van der Waals surface area contributed by atoms with Crippen LogP contribution in [0.3, 0.4) is 0 Å². The molecule has 5 heteroatoms. The number of aliphatic carboxylic acids is 1. The molecular formula is C14H16O4S. The fraction of sp³-hybridized carbons (Fsp3) is 0.500. The summed E-state index contributed by atoms with van der Waals surface area (Å²) in [5.74, 6) is -0.913. The molecule has 0 radical (unpaired) electrons. The van der Waals surface area contributed by atoms with Gasteiger partial charge in [0, 0.05) is 0 Å². The van der Waals surface area contributed by atoms with Crippen LogP contribution in [0.5, 0.6) is 0 Å². The summed E-state index contributed by atoms with van der Waals surface area (Å²) in [4.78, 5) is 11.7. The van der Waals surface area contributed by atoms with Crippen LogP contribution in [0.15, 0.2) is 29.2 Å². The third-order valence-electron chi connectivity index (χ3n) is 4.36. The molecule has 1 N–H and O–H groups in total. The van der Waals surface area contributed by atoms with Crippen molar-refractivity contribution in [2.24, 2.45) is 0 Å². The molecule has 2 aliphatic rings. The van der Waals surface area contributed by atoms with Crippen molar-refractivity contribution >= 4 is 15.8 Å². The first-order valence-corrected chi connectivity index (χ1v) is 8.10. The second kappa shape index (κ2) is 4.07. The van der Waals surface area contributed by atoms with Crippen LogP contribution in [0.4, 0.5) is 0 Å². The zero-order valence-electron chi connectivity index (χ0n) is 10.5. The number of sulfone groups is 1. The van der Waals surface area contributed by atoms with Crippen molar-refractivity contribution < 1.29 is 18.3 Å². The Kier molecular flexibility index (Phi) is 2.71. The fourth-order valence-electron chi connectivity index (χ4n) is 2.69. The smallest absolute Gasteiger partial charge is 0.314 e. The number of hydrogen-bond donors (Lipinski definition) is 1. The van der Waals surface area contributed by atoms with E-state index in [0.717, 1.165) is 6.42 Å². The van der Waals surface area contributed by atoms with E-state index in [-0.39, 0.29) is 10.1 Å². The van der Waals surface area contributed by atoms with Gasteiger partial charge < -0.3 is 5.11 Å². The summed E-state index contributed by atoms with van der Waals surface area (Å²) in [6.07, 6.45) is 3.38. The lowest BCUT2D eigenvalue weighted by Crippen LogP contribution is -2.31. The molecule has 1 aromatic rings. The Hall–Kier alpha value is -1.36. The van der Waals surface area contributed by atoms with Gasteiger partial charge in [-0.15, -0.1) is 0 Å². The largest absolute Gasteiger partial charge is 0.481 e. The van der Waals surface area contributed by atoms with Crippen molar-refractivity contribution in [3.05, 3.63) is 29.8 Å². The molecule has 2 saturated carbocycles. The van der Waals surface area contributed by atoms with Gasteiger partial charge in [0.25, 0.3) is 0 Å². The Morgan fingerprint density at radius 1 is 1.21 bits per heavy atom. The van der Waals surface area contributed by atoms with Crippen LogP contribution in [0.1, 0.15) is 37.7 Å². The lowest BCUT2D eigenvalue weighted by atomic mass is 9.96. The van der Waals surface area contributed by atoms with Crippen molar-refractivity contribution in [2.75, 3.05) is 0 Å². The second-order valence-corrected chi connectivity index (χ2v) is 7.68. The molecule has 102 valence electrons. The number of carboxylic acids is 1. The van der Waals surface area contributed by atoms with E-state index < -0.39 is 21.2 Å². The summed E-state index contributed by atoms with van der Waals surface area (Å²) >= 11 is 0. The molecule has 4 nitrogen and oxygen atoms in total. The monoisotopic (exact) mass is 280 g/mol. The summed E-state index contributed by atoms with van der Waals surface area (Å²) in [6.45, 7) is 0. The average Bonchev–Trinajstić information content (AvgIpc) is 3.07. The van der Waals surface area contributed by atoms with Gasteiger partial charge in [-0.2, -0.15) is 0 Å². The summed E-state index contributed by atoms with van der Waals surface area (Å²) in [5, 5.41) is 9.04. The van der Waals surface area contributed by atoms with Gasteiger partial charge >= 0.3 is 5.97 Å². The van der Waals surface area contributed by atoms with E-state index in [0.29, 0.717) is 31.2 Å². The highest BCUT2D eigenvalue weighted by Crippen LogP contribution is 2.51. The second-order valence-electron chi connectivity index (χ2n) is 5.48. The molecule has 0 saturated heterocycles. The Labute approximate surface area is 112 Å². The van der Waals surface area contributed by atoms with Gasteiger partial charge in [0.2, 0.25) is 0 Å². The standard InChI is InChI=1S/C14H16O4S/c15-13(16)14(8-9-14)11-6-1-2-7-12(11)19(17,18)10-4-3-5-10/h1-2,6-7,10H,3-5,8-9H2,(H,15,16). The fourth-order valence-corrected chi connectivity index (χ4v) is 4.85. The molecule has 0 amide bonds. The van der Waals surface area contributed by atoms with Crippen molar-refractivity contribution in [2.45, 2.75) is 47.7 Å². The molecule has 2 aliphatic carbocycles. The molecule has 0 atom stereocenters. The van der Waals surface area contributed by atoms with Gasteiger partial charge in [0.05, 0.1) is 15.6 Å². The zero-order valence-corrected chi connectivity index (χ0v) is 11.3. The first-order valence-electron chi connectivity index (χ1n) is 6.55. The maximum atomic E-state index is 12.5. The SMILES string of the molecule is O=C(O)C1(c2ccccc2S(=O)(=O)C2CCC2)CC1. The first kappa shape index (κ1) is 12.7. The molecule has 3 rings (SSSR count). The van der Waals surface area contributed by atoms with Gasteiger partial charge in [0.1, 0.15) is 0 Å². The molecule has 0 bridgehead atoms. The number of carbonyl (C=O) groups is 1. The molecule has 0 spiro atoms. The first-order chi connectivity index (χ1) is 8.98. The summed E-state index contributed by atoms with van der Waals surface area (Å²) in [5.41, 5.74) is -0.484. The van der Waals surface area contributed by atoms with E-state index in [1.54, 1.807) is 24.3 Å². The Morgan fingerprint density at radius 3 is 2.32 bits per heavy atom. The van der Waals surface area contributed by atoms with E-state index in [1.165, 1.54) is 0 Å². The van der Waals surface area contributed by atoms with Crippen LogP contribution in [-0.4, -0.2) is 24.7 Å². The quantitative estimate of drug-likeness (QED) is 0.917. The minimum atomic E-state index is -3.37. The summed E-state index contributed by atoms with van der Waals surface area (Å²) in [7, 11) is -3.37. The van der Waals surface area contributed by atoms with Gasteiger partial charge in [-0.1, -0.05) is 24.6 Å². The van der Waals surface area contributed by atoms with E-state index >= 15 is 0 Å². The Bertz CT molecular complexity index is 625. The molecule has 0 aliphatic heterocycles. The van der Waals surface area contributed by atoms with Crippen molar-refractivity contribution in [1.29, 1.82) is 0 Å². The Balaban J connectivity index is 2.11. The maximum Gasteiger partial charge on any atom is 0.314 e. The predicted octanol–water partition coefficient (Wildman–Crippen LogP) is 2.13. The topological polar surface area (TPSA) is 71.4 Å². The predicted molar refractivity (Wildman–Crippen MR) is 69.8 cm³/mol. The lowest BCUT2D eigenvalue weighted by Gasteiger charge is -2.27. The zero-order chi connectivity index (χ0) is 13.7. The van der Waals surface area contributed by atoms with E-state index in [4.69, 9.17) is 0 Å². The molecular weight excluding hydrogens is 264 g/mol. The molecule has 0 aromatic heterocycles. The van der Waals surface area contributed by atoms with E-state index in [9.17, 15) is 18.3 Å². The minimum absolute atomic E-state index is 0.236. The van der Waals surface area contributed by atoms with Crippen LogP contribution < -0.4 is 0 Å². The third kappa shape index (κ3) is 1.79. The van der Waals surface area contributed by atoms with E-state index in [2.05, 4.69) is 0 Å². The highest BCUT2D eigenvalue weighted by molar-refractivity contribution is 7.92. The molecule has 0 heterocycles. The van der Waals surface area contributed by atoms with Gasteiger partial charge in [-0.25, -0.2) is 8.42 Å². The highest BCUT2D eigenvalue weighted by Gasteiger charge is 2.54. The van der Waals surface area contributed by atoms with Crippen LogP contribution >= 0.6 is 0 Å². The van der Waals surface area contributed by atoms with Gasteiger partial charge in [0.15, 0.2) is 9.84 Å². The maximum absolute atomic E-state index is 12.5. The normalized spacial score (nSPS) is 21.7. The number of rotatable bonds is 4. The molecule has 2 fully saturated rings. The molecule has 1 aromatic carbocycles. The minimum Gasteiger partial charge on any atom is -0.481 e. The number of carboxylic acid groups (broad SMARTS) is 1. The van der Waals surface area contributed by atoms with Crippen LogP contribution in [0, 0.1) is 0 Å². The van der Waals surface area contributed by atoms with Crippen molar-refractivity contribution in [1.82, 2.24) is 0 Å². The molecule has 0 unspecified atom stereocenters. The van der Waals surface area contributed by atoms with E-state index in [1.807, 2.05) is 0 Å². The number of benzene rings is 1. The van der Waals surface area contributed by atoms with Crippen LogP contribution in [-0.2, 0) is 20.0 Å².